The first-order valence-corrected chi connectivity index (χ1v) is 10.5. The van der Waals surface area contributed by atoms with Crippen molar-refractivity contribution in [2.45, 2.75) is 25.0 Å². The van der Waals surface area contributed by atoms with E-state index in [1.807, 2.05) is 30.3 Å². The van der Waals surface area contributed by atoms with E-state index in [-0.39, 0.29) is 11.8 Å². The van der Waals surface area contributed by atoms with Gasteiger partial charge in [0.25, 0.3) is 5.91 Å². The molecule has 1 heterocycles. The lowest BCUT2D eigenvalue weighted by molar-refractivity contribution is -0.143. The molecule has 3 aliphatic rings. The molecule has 4 heteroatoms. The highest BCUT2D eigenvalue weighted by atomic mass is 16.3. The van der Waals surface area contributed by atoms with Gasteiger partial charge in [-0.15, -0.1) is 0 Å². The number of rotatable bonds is 7. The molecule has 2 saturated carbocycles. The lowest BCUT2D eigenvalue weighted by Gasteiger charge is -2.28. The van der Waals surface area contributed by atoms with Crippen molar-refractivity contribution >= 4 is 5.91 Å². The van der Waals surface area contributed by atoms with Crippen molar-refractivity contribution in [1.29, 1.82) is 0 Å². The number of nitrogens with zero attached hydrogens (tertiary/aromatic N) is 1. The van der Waals surface area contributed by atoms with Crippen LogP contribution in [-0.4, -0.2) is 35.5 Å². The van der Waals surface area contributed by atoms with E-state index in [4.69, 9.17) is 0 Å². The van der Waals surface area contributed by atoms with Gasteiger partial charge in [-0.2, -0.15) is 0 Å². The van der Waals surface area contributed by atoms with Gasteiger partial charge in [-0.3, -0.25) is 9.69 Å². The van der Waals surface area contributed by atoms with Gasteiger partial charge in [0, 0.05) is 32.1 Å². The smallest absolute Gasteiger partial charge is 0.256 e. The molecule has 3 unspecified atom stereocenters. The second-order valence-corrected chi connectivity index (χ2v) is 8.79. The summed E-state index contributed by atoms with van der Waals surface area (Å²) in [6.07, 6.45) is 1.84. The normalized spacial score (nSPS) is 28.4. The Morgan fingerprint density at radius 3 is 2.21 bits per heavy atom. The van der Waals surface area contributed by atoms with Gasteiger partial charge in [0.05, 0.1) is 0 Å². The van der Waals surface area contributed by atoms with E-state index in [0.29, 0.717) is 24.3 Å². The maximum absolute atomic E-state index is 12.9. The van der Waals surface area contributed by atoms with Crippen LogP contribution in [0.1, 0.15) is 24.0 Å². The first kappa shape index (κ1) is 17.9. The maximum Gasteiger partial charge on any atom is 0.256 e. The Balaban J connectivity index is 1.15. The van der Waals surface area contributed by atoms with Gasteiger partial charge in [0.15, 0.2) is 5.60 Å². The summed E-state index contributed by atoms with van der Waals surface area (Å²) in [6, 6.07) is 20.1. The van der Waals surface area contributed by atoms with Crippen molar-refractivity contribution in [3.8, 4) is 0 Å². The molecule has 2 aromatic carbocycles. The fraction of sp³-hybridized carbons (Fsp3) is 0.458. The first-order valence-electron chi connectivity index (χ1n) is 10.5. The minimum Gasteiger partial charge on any atom is -0.375 e. The summed E-state index contributed by atoms with van der Waals surface area (Å²) in [5, 5.41) is 14.3. The van der Waals surface area contributed by atoms with Gasteiger partial charge in [0.1, 0.15) is 0 Å². The van der Waals surface area contributed by atoms with Crippen LogP contribution in [0.4, 0.5) is 0 Å². The number of fused-ring (bicyclic) bond motifs is 1. The summed E-state index contributed by atoms with van der Waals surface area (Å²) in [5.41, 5.74) is 0.718. The van der Waals surface area contributed by atoms with Crippen molar-refractivity contribution in [2.75, 3.05) is 19.6 Å². The van der Waals surface area contributed by atoms with Crippen LogP contribution in [0.2, 0.25) is 0 Å². The van der Waals surface area contributed by atoms with Crippen LogP contribution < -0.4 is 5.32 Å². The molecule has 3 atom stereocenters. The SMILES string of the molecule is O=C(NCC1C2CN(Cc3ccccc3)CC12)C(O)(c1ccccc1)C1CC1. The fourth-order valence-corrected chi connectivity index (χ4v) is 5.10. The van der Waals surface area contributed by atoms with E-state index in [1.165, 1.54) is 5.56 Å². The molecule has 2 N–H and O–H groups in total. The average Bonchev–Trinajstić information content (AvgIpc) is 3.65. The van der Waals surface area contributed by atoms with Crippen LogP contribution in [0.5, 0.6) is 0 Å². The van der Waals surface area contributed by atoms with Gasteiger partial charge in [-0.05, 0) is 41.7 Å². The first-order chi connectivity index (χ1) is 13.7. The Bertz CT molecular complexity index is 824. The monoisotopic (exact) mass is 376 g/mol. The molecule has 1 saturated heterocycles. The van der Waals surface area contributed by atoms with Crippen LogP contribution in [0.25, 0.3) is 0 Å². The summed E-state index contributed by atoms with van der Waals surface area (Å²) in [4.78, 5) is 15.5. The number of benzene rings is 2. The van der Waals surface area contributed by atoms with E-state index in [2.05, 4.69) is 40.5 Å². The molecule has 0 radical (unpaired) electrons. The molecule has 1 aliphatic heterocycles. The molecule has 0 aromatic heterocycles. The molecular weight excluding hydrogens is 348 g/mol. The minimum absolute atomic E-state index is 0.0509. The zero-order chi connectivity index (χ0) is 19.1. The Labute approximate surface area is 166 Å². The number of likely N-dealkylation sites (tertiary alicyclic amines) is 1. The van der Waals surface area contributed by atoms with E-state index in [0.717, 1.165) is 38.0 Å². The molecule has 28 heavy (non-hydrogen) atoms. The minimum atomic E-state index is -1.37. The van der Waals surface area contributed by atoms with Crippen LogP contribution >= 0.6 is 0 Å². The van der Waals surface area contributed by atoms with Gasteiger partial charge in [-0.1, -0.05) is 60.7 Å². The predicted molar refractivity (Wildman–Crippen MR) is 108 cm³/mol. The number of amides is 1. The number of hydrogen-bond donors (Lipinski definition) is 2. The number of nitrogens with one attached hydrogen (secondary N) is 1. The molecule has 2 aliphatic carbocycles. The summed E-state index contributed by atoms with van der Waals surface area (Å²) >= 11 is 0. The van der Waals surface area contributed by atoms with Crippen LogP contribution in [-0.2, 0) is 16.9 Å². The molecular formula is C24H28N2O2. The Morgan fingerprint density at radius 2 is 1.61 bits per heavy atom. The largest absolute Gasteiger partial charge is 0.375 e. The maximum atomic E-state index is 12.9. The second kappa shape index (κ2) is 7.02. The van der Waals surface area contributed by atoms with E-state index >= 15 is 0 Å². The van der Waals surface area contributed by atoms with Gasteiger partial charge >= 0.3 is 0 Å². The van der Waals surface area contributed by atoms with Crippen LogP contribution in [0, 0.1) is 23.7 Å². The standard InChI is InChI=1S/C24H28N2O2/c27-23(24(28,19-11-12-19)18-9-5-2-6-10-18)25-13-20-21-15-26(16-22(20)21)14-17-7-3-1-4-8-17/h1-10,19-22,28H,11-16H2,(H,25,27). The summed E-state index contributed by atoms with van der Waals surface area (Å²) in [6.45, 7) is 3.94. The van der Waals surface area contributed by atoms with E-state index in [9.17, 15) is 9.90 Å². The summed E-state index contributed by atoms with van der Waals surface area (Å²) in [7, 11) is 0. The van der Waals surface area contributed by atoms with Crippen molar-refractivity contribution < 1.29 is 9.90 Å². The molecule has 2 aromatic rings. The molecule has 1 amide bonds. The Kier molecular flexibility index (Phi) is 4.48. The highest BCUT2D eigenvalue weighted by Crippen LogP contribution is 2.52. The summed E-state index contributed by atoms with van der Waals surface area (Å²) in [5.74, 6) is 1.78. The van der Waals surface area contributed by atoms with Crippen molar-refractivity contribution in [3.63, 3.8) is 0 Å². The zero-order valence-electron chi connectivity index (χ0n) is 16.1. The van der Waals surface area contributed by atoms with Crippen LogP contribution in [0.3, 0.4) is 0 Å². The number of carbonyl (C=O) groups excluding carboxylic acids is 1. The third-order valence-electron chi connectivity index (χ3n) is 6.92. The predicted octanol–water partition coefficient (Wildman–Crippen LogP) is 2.78. The van der Waals surface area contributed by atoms with Crippen molar-refractivity contribution in [1.82, 2.24) is 10.2 Å². The Hall–Kier alpha value is -2.17. The molecule has 0 spiro atoms. The lowest BCUT2D eigenvalue weighted by Crippen LogP contribution is -2.47. The van der Waals surface area contributed by atoms with Crippen LogP contribution in [0.15, 0.2) is 60.7 Å². The topological polar surface area (TPSA) is 52.6 Å². The molecule has 146 valence electrons. The molecule has 4 nitrogen and oxygen atoms in total. The van der Waals surface area contributed by atoms with E-state index in [1.54, 1.807) is 0 Å². The third kappa shape index (κ3) is 3.25. The fourth-order valence-electron chi connectivity index (χ4n) is 5.10. The lowest BCUT2D eigenvalue weighted by atomic mass is 9.88. The molecule has 5 rings (SSSR count). The quantitative estimate of drug-likeness (QED) is 0.781. The summed E-state index contributed by atoms with van der Waals surface area (Å²) < 4.78 is 0. The highest BCUT2D eigenvalue weighted by molar-refractivity contribution is 5.87. The zero-order valence-corrected chi connectivity index (χ0v) is 16.1. The highest BCUT2D eigenvalue weighted by Gasteiger charge is 2.56. The van der Waals surface area contributed by atoms with Gasteiger partial charge in [-0.25, -0.2) is 0 Å². The number of aliphatic hydroxyl groups is 1. The third-order valence-corrected chi connectivity index (χ3v) is 6.92. The molecule has 3 fully saturated rings. The number of piperidine rings is 1. The van der Waals surface area contributed by atoms with E-state index < -0.39 is 5.60 Å². The van der Waals surface area contributed by atoms with Gasteiger partial charge < -0.3 is 10.4 Å². The molecule has 0 bridgehead atoms. The second-order valence-electron chi connectivity index (χ2n) is 8.79. The van der Waals surface area contributed by atoms with Gasteiger partial charge in [0.2, 0.25) is 0 Å². The number of carbonyl (C=O) groups is 1. The van der Waals surface area contributed by atoms with Crippen molar-refractivity contribution in [3.05, 3.63) is 71.8 Å². The Morgan fingerprint density at radius 1 is 1.00 bits per heavy atom. The average molecular weight is 377 g/mol. The van der Waals surface area contributed by atoms with Crippen molar-refractivity contribution in [2.24, 2.45) is 23.7 Å². The number of hydrogen-bond acceptors (Lipinski definition) is 3.